The number of hydrogen-bond acceptors (Lipinski definition) is 5. The number of hydrogen-bond donors (Lipinski definition) is 2. The lowest BCUT2D eigenvalue weighted by molar-refractivity contribution is -0.120. The van der Waals surface area contributed by atoms with E-state index in [1.807, 2.05) is 39.0 Å². The number of piperidine rings is 1. The summed E-state index contributed by atoms with van der Waals surface area (Å²) in [6.07, 6.45) is 1.51. The van der Waals surface area contributed by atoms with E-state index in [2.05, 4.69) is 25.5 Å². The maximum Gasteiger partial charge on any atom is 0.227 e. The number of nitrogens with one attached hydrogen (secondary N) is 2. The van der Waals surface area contributed by atoms with Crippen LogP contribution < -0.4 is 15.5 Å². The molecular formula is C21H27N5O2. The number of carbonyl (C=O) groups is 2. The third-order valence-electron chi connectivity index (χ3n) is 4.93. The van der Waals surface area contributed by atoms with E-state index in [4.69, 9.17) is 0 Å². The Labute approximate surface area is 165 Å². The number of nitrogens with zero attached hydrogens (tertiary/aromatic N) is 3. The Hall–Kier alpha value is -2.96. The lowest BCUT2D eigenvalue weighted by Gasteiger charge is -2.31. The van der Waals surface area contributed by atoms with Crippen LogP contribution in [0.3, 0.4) is 0 Å². The van der Waals surface area contributed by atoms with E-state index in [1.165, 1.54) is 6.92 Å². The highest BCUT2D eigenvalue weighted by Gasteiger charge is 2.26. The molecule has 2 amide bonds. The van der Waals surface area contributed by atoms with Crippen molar-refractivity contribution >= 4 is 29.1 Å². The summed E-state index contributed by atoms with van der Waals surface area (Å²) in [5.74, 6) is 0.576. The number of benzene rings is 1. The Bertz CT molecular complexity index is 868. The van der Waals surface area contributed by atoms with E-state index in [-0.39, 0.29) is 17.7 Å². The van der Waals surface area contributed by atoms with Crippen molar-refractivity contribution in [1.82, 2.24) is 9.97 Å². The molecule has 148 valence electrons. The minimum atomic E-state index is -0.137. The maximum absolute atomic E-state index is 12.8. The van der Waals surface area contributed by atoms with Gasteiger partial charge in [0.25, 0.3) is 0 Å². The number of amides is 2. The molecule has 7 heteroatoms. The summed E-state index contributed by atoms with van der Waals surface area (Å²) in [7, 11) is 0. The molecule has 2 heterocycles. The number of rotatable bonds is 4. The molecule has 1 saturated heterocycles. The largest absolute Gasteiger partial charge is 0.341 e. The molecule has 0 atom stereocenters. The Morgan fingerprint density at radius 3 is 2.25 bits per heavy atom. The van der Waals surface area contributed by atoms with Gasteiger partial charge in [-0.1, -0.05) is 6.07 Å². The quantitative estimate of drug-likeness (QED) is 0.849. The molecule has 2 N–H and O–H groups in total. The molecule has 2 aromatic rings. The van der Waals surface area contributed by atoms with Crippen LogP contribution in [0.5, 0.6) is 0 Å². The van der Waals surface area contributed by atoms with Gasteiger partial charge in [-0.2, -0.15) is 0 Å². The first kappa shape index (κ1) is 19.8. The fourth-order valence-electron chi connectivity index (χ4n) is 3.46. The molecular weight excluding hydrogens is 354 g/mol. The fourth-order valence-corrected chi connectivity index (χ4v) is 3.46. The van der Waals surface area contributed by atoms with Gasteiger partial charge in [-0.15, -0.1) is 0 Å². The summed E-state index contributed by atoms with van der Waals surface area (Å²) in [6, 6.07) is 7.48. The molecule has 0 spiro atoms. The number of aromatic nitrogens is 2. The Balaban J connectivity index is 1.62. The monoisotopic (exact) mass is 381 g/mol. The normalized spacial score (nSPS) is 14.6. The summed E-state index contributed by atoms with van der Waals surface area (Å²) >= 11 is 0. The standard InChI is InChI=1S/C21H27N5O2/c1-13-5-6-18(24-16(4)27)12-19(13)25-20(28)17-7-9-26(10-8-17)21-22-14(2)11-15(3)23-21/h5-6,11-12,17H,7-10H2,1-4H3,(H,24,27)(H,25,28). The van der Waals surface area contributed by atoms with Gasteiger partial charge in [-0.25, -0.2) is 9.97 Å². The third-order valence-corrected chi connectivity index (χ3v) is 4.93. The molecule has 7 nitrogen and oxygen atoms in total. The molecule has 28 heavy (non-hydrogen) atoms. The van der Waals surface area contributed by atoms with Crippen molar-refractivity contribution in [3.63, 3.8) is 0 Å². The SMILES string of the molecule is CC(=O)Nc1ccc(C)c(NC(=O)C2CCN(c3nc(C)cc(C)n3)CC2)c1. The minimum absolute atomic E-state index is 0.0177. The van der Waals surface area contributed by atoms with E-state index in [0.29, 0.717) is 5.69 Å². The van der Waals surface area contributed by atoms with Crippen molar-refractivity contribution in [2.45, 2.75) is 40.5 Å². The Morgan fingerprint density at radius 1 is 1.00 bits per heavy atom. The van der Waals surface area contributed by atoms with Crippen LogP contribution in [0, 0.1) is 26.7 Å². The molecule has 1 aliphatic rings. The summed E-state index contributed by atoms with van der Waals surface area (Å²) in [5.41, 5.74) is 4.28. The van der Waals surface area contributed by atoms with Crippen molar-refractivity contribution in [3.05, 3.63) is 41.2 Å². The highest BCUT2D eigenvalue weighted by Crippen LogP contribution is 2.25. The van der Waals surface area contributed by atoms with Crippen LogP contribution >= 0.6 is 0 Å². The van der Waals surface area contributed by atoms with Gasteiger partial charge < -0.3 is 15.5 Å². The first-order valence-corrected chi connectivity index (χ1v) is 9.58. The van der Waals surface area contributed by atoms with E-state index >= 15 is 0 Å². The van der Waals surface area contributed by atoms with Crippen LogP contribution in [0.4, 0.5) is 17.3 Å². The summed E-state index contributed by atoms with van der Waals surface area (Å²) in [4.78, 5) is 35.2. The smallest absolute Gasteiger partial charge is 0.227 e. The molecule has 1 aromatic heterocycles. The van der Waals surface area contributed by atoms with Crippen molar-refractivity contribution in [3.8, 4) is 0 Å². The van der Waals surface area contributed by atoms with Gasteiger partial charge in [0.05, 0.1) is 0 Å². The van der Waals surface area contributed by atoms with Crippen molar-refractivity contribution in [2.75, 3.05) is 28.6 Å². The topological polar surface area (TPSA) is 87.2 Å². The minimum Gasteiger partial charge on any atom is -0.341 e. The van der Waals surface area contributed by atoms with Crippen LogP contribution in [0.25, 0.3) is 0 Å². The number of aryl methyl sites for hydroxylation is 3. The molecule has 0 unspecified atom stereocenters. The average Bonchev–Trinajstić information content (AvgIpc) is 2.63. The average molecular weight is 381 g/mol. The van der Waals surface area contributed by atoms with E-state index < -0.39 is 0 Å². The van der Waals surface area contributed by atoms with Gasteiger partial charge in [-0.3, -0.25) is 9.59 Å². The predicted octanol–water partition coefficient (Wildman–Crippen LogP) is 3.22. The highest BCUT2D eigenvalue weighted by atomic mass is 16.2. The zero-order valence-electron chi connectivity index (χ0n) is 16.9. The van der Waals surface area contributed by atoms with Gasteiger partial charge in [-0.05, 0) is 57.4 Å². The lowest BCUT2D eigenvalue weighted by Crippen LogP contribution is -2.39. The first-order chi connectivity index (χ1) is 13.3. The molecule has 3 rings (SSSR count). The molecule has 1 aliphatic heterocycles. The van der Waals surface area contributed by atoms with Crippen LogP contribution in [0.15, 0.2) is 24.3 Å². The van der Waals surface area contributed by atoms with Crippen LogP contribution in [-0.2, 0) is 9.59 Å². The van der Waals surface area contributed by atoms with Crippen molar-refractivity contribution in [1.29, 1.82) is 0 Å². The van der Waals surface area contributed by atoms with Crippen LogP contribution in [0.2, 0.25) is 0 Å². The third kappa shape index (κ3) is 4.85. The summed E-state index contributed by atoms with van der Waals surface area (Å²) in [5, 5.41) is 5.77. The predicted molar refractivity (Wildman–Crippen MR) is 111 cm³/mol. The van der Waals surface area contributed by atoms with Gasteiger partial charge in [0, 0.05) is 48.7 Å². The van der Waals surface area contributed by atoms with E-state index in [1.54, 1.807) is 6.07 Å². The van der Waals surface area contributed by atoms with Crippen LogP contribution in [-0.4, -0.2) is 34.9 Å². The second-order valence-electron chi connectivity index (χ2n) is 7.41. The van der Waals surface area contributed by atoms with Gasteiger partial charge in [0.2, 0.25) is 17.8 Å². The highest BCUT2D eigenvalue weighted by molar-refractivity contribution is 5.95. The van der Waals surface area contributed by atoms with Gasteiger partial charge in [0.15, 0.2) is 0 Å². The second kappa shape index (κ2) is 8.37. The van der Waals surface area contributed by atoms with Crippen molar-refractivity contribution in [2.24, 2.45) is 5.92 Å². The van der Waals surface area contributed by atoms with Gasteiger partial charge in [0.1, 0.15) is 0 Å². The molecule has 1 fully saturated rings. The van der Waals surface area contributed by atoms with Crippen molar-refractivity contribution < 1.29 is 9.59 Å². The molecule has 1 aromatic carbocycles. The first-order valence-electron chi connectivity index (χ1n) is 9.58. The molecule has 0 radical (unpaired) electrons. The van der Waals surface area contributed by atoms with Crippen LogP contribution in [0.1, 0.15) is 36.7 Å². The van der Waals surface area contributed by atoms with E-state index in [9.17, 15) is 9.59 Å². The number of anilines is 3. The summed E-state index contributed by atoms with van der Waals surface area (Å²) < 4.78 is 0. The Kier molecular flexibility index (Phi) is 5.92. The zero-order valence-corrected chi connectivity index (χ0v) is 16.9. The maximum atomic E-state index is 12.8. The van der Waals surface area contributed by atoms with E-state index in [0.717, 1.165) is 54.5 Å². The summed E-state index contributed by atoms with van der Waals surface area (Å²) in [6.45, 7) is 8.85. The second-order valence-corrected chi connectivity index (χ2v) is 7.41. The molecule has 0 saturated carbocycles. The fraction of sp³-hybridized carbons (Fsp3) is 0.429. The van der Waals surface area contributed by atoms with Gasteiger partial charge >= 0.3 is 0 Å². The molecule has 0 aliphatic carbocycles. The molecule has 0 bridgehead atoms. The lowest BCUT2D eigenvalue weighted by atomic mass is 9.96. The zero-order chi connectivity index (χ0) is 20.3. The Morgan fingerprint density at radius 2 is 1.64 bits per heavy atom. The number of carbonyl (C=O) groups excluding carboxylic acids is 2.